The van der Waals surface area contributed by atoms with Gasteiger partial charge in [-0.3, -0.25) is 4.79 Å². The topological polar surface area (TPSA) is 61.8 Å². The SMILES string of the molecule is C=IC(F)(F)C1=CC(C)C(CC(=O)N[C@H](CN2CCCC2)[C@H](O)C2=CC=C(OC)C(C)C2)C=C1. The Morgan fingerprint density at radius 3 is 2.65 bits per heavy atom. The maximum Gasteiger partial charge on any atom is 0.315 e. The number of alkyl halides is 3. The molecule has 1 amide bonds. The van der Waals surface area contributed by atoms with Gasteiger partial charge in [-0.25, -0.2) is 0 Å². The summed E-state index contributed by atoms with van der Waals surface area (Å²) in [5.74, 6) is 0.543. The molecule has 0 aromatic carbocycles. The van der Waals surface area contributed by atoms with Gasteiger partial charge in [0.1, 0.15) is 0 Å². The molecule has 2 N–H and O–H groups in total. The number of rotatable bonds is 10. The number of aliphatic hydroxyl groups excluding tert-OH is 1. The number of aliphatic hydroxyl groups is 1. The molecule has 5 nitrogen and oxygen atoms in total. The molecule has 3 unspecified atom stereocenters. The molecule has 0 radical (unpaired) electrons. The Hall–Kier alpha value is -1.39. The van der Waals surface area contributed by atoms with Crippen molar-refractivity contribution in [3.05, 3.63) is 47.3 Å². The first-order chi connectivity index (χ1) is 16.1. The molecule has 34 heavy (non-hydrogen) atoms. The fourth-order valence-corrected chi connectivity index (χ4v) is 5.76. The Kier molecular flexibility index (Phi) is 9.63. The lowest BCUT2D eigenvalue weighted by molar-refractivity contribution is -0.123. The molecular formula is C26H37F2IN2O3. The third-order valence-electron chi connectivity index (χ3n) is 7.04. The van der Waals surface area contributed by atoms with Crippen LogP contribution in [-0.4, -0.2) is 63.2 Å². The number of hydrogen-bond acceptors (Lipinski definition) is 4. The maximum absolute atomic E-state index is 14.0. The number of halogens is 3. The van der Waals surface area contributed by atoms with Crippen LogP contribution in [0.1, 0.15) is 39.5 Å². The molecule has 0 bridgehead atoms. The van der Waals surface area contributed by atoms with Crippen LogP contribution in [0, 0.1) is 17.8 Å². The van der Waals surface area contributed by atoms with E-state index in [0.29, 0.717) is 13.0 Å². The minimum absolute atomic E-state index is 0.0172. The average Bonchev–Trinajstić information content (AvgIpc) is 3.32. The van der Waals surface area contributed by atoms with Gasteiger partial charge in [0.25, 0.3) is 0 Å². The molecule has 8 heteroatoms. The van der Waals surface area contributed by atoms with Crippen molar-refractivity contribution in [2.75, 3.05) is 26.7 Å². The Labute approximate surface area is 211 Å². The van der Waals surface area contributed by atoms with Crippen LogP contribution in [-0.2, 0) is 9.53 Å². The molecule has 5 atom stereocenters. The van der Waals surface area contributed by atoms with Crippen LogP contribution in [0.25, 0.3) is 0 Å². The van der Waals surface area contributed by atoms with Crippen molar-refractivity contribution >= 4 is 31.2 Å². The summed E-state index contributed by atoms with van der Waals surface area (Å²) in [6.07, 6.45) is 10.9. The number of nitrogens with one attached hydrogen (secondary N) is 1. The number of carbonyl (C=O) groups is 1. The fraction of sp³-hybridized carbons (Fsp3) is 0.615. The Morgan fingerprint density at radius 1 is 1.35 bits per heavy atom. The van der Waals surface area contributed by atoms with Gasteiger partial charge in [0.2, 0.25) is 5.91 Å². The summed E-state index contributed by atoms with van der Waals surface area (Å²) in [5.41, 5.74) is 0.902. The van der Waals surface area contributed by atoms with Gasteiger partial charge in [-0.2, -0.15) is 8.78 Å². The van der Waals surface area contributed by atoms with Crippen molar-refractivity contribution in [3.8, 4) is 0 Å². The highest BCUT2D eigenvalue weighted by Crippen LogP contribution is 2.40. The molecule has 0 aromatic rings. The standard InChI is InChI=1S/C26H37F2IN2O3/c1-17-14-21(26(27,28)29-3)9-7-19(17)15-24(32)30-22(16-31-11-5-6-12-31)25(33)20-8-10-23(34-4)18(2)13-20/h7-10,14,17-19,22,25,33H,3,5-6,11-13,15-16H2,1-2,4H3,(H,30,32)/t17?,18?,19?,22-,25-/m1/s1. The molecule has 0 aromatic heterocycles. The van der Waals surface area contributed by atoms with Gasteiger partial charge in [0, 0.05) is 24.5 Å². The van der Waals surface area contributed by atoms with Crippen molar-refractivity contribution in [1.82, 2.24) is 10.2 Å². The second-order valence-electron chi connectivity index (χ2n) is 9.59. The molecule has 1 aliphatic heterocycles. The summed E-state index contributed by atoms with van der Waals surface area (Å²) in [7, 11) is 1.65. The van der Waals surface area contributed by atoms with Gasteiger partial charge in [-0.05, 0) is 76.6 Å². The van der Waals surface area contributed by atoms with E-state index in [1.807, 2.05) is 19.1 Å². The van der Waals surface area contributed by atoms with E-state index in [0.717, 1.165) is 37.3 Å². The predicted octanol–water partition coefficient (Wildman–Crippen LogP) is 4.56. The number of ether oxygens (including phenoxy) is 1. The molecule has 190 valence electrons. The van der Waals surface area contributed by atoms with Gasteiger partial charge in [0.15, 0.2) is 0 Å². The van der Waals surface area contributed by atoms with E-state index in [2.05, 4.69) is 21.7 Å². The van der Waals surface area contributed by atoms with Crippen molar-refractivity contribution in [2.24, 2.45) is 17.8 Å². The Bertz CT molecular complexity index is 877. The zero-order valence-electron chi connectivity index (χ0n) is 20.3. The van der Waals surface area contributed by atoms with Gasteiger partial charge < -0.3 is 20.1 Å². The van der Waals surface area contributed by atoms with Crippen molar-refractivity contribution in [2.45, 2.75) is 55.6 Å². The lowest BCUT2D eigenvalue weighted by Gasteiger charge is -2.32. The minimum Gasteiger partial charge on any atom is -0.501 e. The van der Waals surface area contributed by atoms with E-state index >= 15 is 0 Å². The van der Waals surface area contributed by atoms with E-state index in [1.54, 1.807) is 19.3 Å². The van der Waals surface area contributed by atoms with Crippen LogP contribution in [0.4, 0.5) is 8.78 Å². The molecule has 1 saturated heterocycles. The molecule has 1 heterocycles. The highest BCUT2D eigenvalue weighted by atomic mass is 127. The Morgan fingerprint density at radius 2 is 2.06 bits per heavy atom. The summed E-state index contributed by atoms with van der Waals surface area (Å²) in [4.78, 5) is 15.3. The number of hydrogen-bond donors (Lipinski definition) is 2. The van der Waals surface area contributed by atoms with Crippen molar-refractivity contribution in [3.63, 3.8) is 0 Å². The third-order valence-corrected chi connectivity index (χ3v) is 8.62. The van der Waals surface area contributed by atoms with Crippen molar-refractivity contribution in [1.29, 1.82) is 0 Å². The summed E-state index contributed by atoms with van der Waals surface area (Å²) in [6, 6.07) is -0.434. The van der Waals surface area contributed by atoms with Crippen LogP contribution >= 0.6 is 20.7 Å². The van der Waals surface area contributed by atoms with Crippen LogP contribution in [0.15, 0.2) is 47.3 Å². The van der Waals surface area contributed by atoms with Crippen LogP contribution < -0.4 is 5.32 Å². The first-order valence-corrected chi connectivity index (χ1v) is 14.6. The first kappa shape index (κ1) is 27.2. The van der Waals surface area contributed by atoms with E-state index in [1.165, 1.54) is 6.08 Å². The number of carbonyl (C=O) groups excluding carboxylic acids is 1. The maximum atomic E-state index is 14.0. The van der Waals surface area contributed by atoms with Gasteiger partial charge >= 0.3 is 3.93 Å². The summed E-state index contributed by atoms with van der Waals surface area (Å²) in [5, 5.41) is 14.3. The van der Waals surface area contributed by atoms with Crippen LogP contribution in [0.3, 0.4) is 0 Å². The average molecular weight is 590 g/mol. The van der Waals surface area contributed by atoms with E-state index in [4.69, 9.17) is 4.74 Å². The summed E-state index contributed by atoms with van der Waals surface area (Å²) < 4.78 is 34.1. The second-order valence-corrected chi connectivity index (χ2v) is 11.7. The number of amides is 1. The molecule has 0 saturated carbocycles. The Balaban J connectivity index is 1.67. The quantitative estimate of drug-likeness (QED) is 0.290. The summed E-state index contributed by atoms with van der Waals surface area (Å²) in [6.45, 7) is 6.42. The molecule has 2 aliphatic carbocycles. The van der Waals surface area contributed by atoms with Gasteiger partial charge in [0.05, 0.1) is 25.0 Å². The summed E-state index contributed by atoms with van der Waals surface area (Å²) >= 11 is -1.49. The monoisotopic (exact) mass is 590 g/mol. The predicted molar refractivity (Wildman–Crippen MR) is 141 cm³/mol. The largest absolute Gasteiger partial charge is 0.501 e. The van der Waals surface area contributed by atoms with Crippen LogP contribution in [0.5, 0.6) is 0 Å². The van der Waals surface area contributed by atoms with Gasteiger partial charge in [-0.1, -0.05) is 42.7 Å². The molecule has 3 rings (SSSR count). The second kappa shape index (κ2) is 12.0. The molecule has 3 aliphatic rings. The molecular weight excluding hydrogens is 553 g/mol. The zero-order valence-corrected chi connectivity index (χ0v) is 22.4. The molecule has 1 fully saturated rings. The van der Waals surface area contributed by atoms with E-state index in [9.17, 15) is 18.7 Å². The fourth-order valence-electron chi connectivity index (χ4n) is 4.96. The zero-order chi connectivity index (χ0) is 24.9. The minimum atomic E-state index is -2.84. The number of allylic oxidation sites excluding steroid dienone is 7. The smallest absolute Gasteiger partial charge is 0.315 e. The highest BCUT2D eigenvalue weighted by Gasteiger charge is 2.34. The normalized spacial score (nSPS) is 27.5. The first-order valence-electron chi connectivity index (χ1n) is 12.0. The van der Waals surface area contributed by atoms with E-state index < -0.39 is 36.8 Å². The highest BCUT2D eigenvalue weighted by molar-refractivity contribution is 14.2. The van der Waals surface area contributed by atoms with Crippen LogP contribution in [0.2, 0.25) is 0 Å². The number of nitrogens with zero attached hydrogens (tertiary/aromatic N) is 1. The van der Waals surface area contributed by atoms with E-state index in [-0.39, 0.29) is 35.7 Å². The number of likely N-dealkylation sites (tertiary alicyclic amines) is 1. The number of methoxy groups -OCH3 is 1. The molecule has 0 spiro atoms. The third kappa shape index (κ3) is 6.85. The van der Waals surface area contributed by atoms with Crippen molar-refractivity contribution < 1.29 is 23.4 Å². The lowest BCUT2D eigenvalue weighted by Crippen LogP contribution is -2.51. The van der Waals surface area contributed by atoms with Gasteiger partial charge in [-0.15, -0.1) is 0 Å². The lowest BCUT2D eigenvalue weighted by atomic mass is 9.84.